The summed E-state index contributed by atoms with van der Waals surface area (Å²) in [4.78, 5) is 31.1. The summed E-state index contributed by atoms with van der Waals surface area (Å²) in [6, 6.07) is 15.5. The molecular formula is C26H30N6O2. The number of aromatic nitrogens is 3. The first-order chi connectivity index (χ1) is 16.3. The van der Waals surface area contributed by atoms with Crippen molar-refractivity contribution in [3.05, 3.63) is 71.0 Å². The van der Waals surface area contributed by atoms with Gasteiger partial charge in [0.1, 0.15) is 0 Å². The normalized spacial score (nSPS) is 11.3. The van der Waals surface area contributed by atoms with Crippen molar-refractivity contribution in [3.63, 3.8) is 0 Å². The molecule has 0 aliphatic heterocycles. The second-order valence-corrected chi connectivity index (χ2v) is 8.78. The molecule has 2 N–H and O–H groups in total. The zero-order chi connectivity index (χ0) is 24.2. The summed E-state index contributed by atoms with van der Waals surface area (Å²) in [7, 11) is 3.69. The zero-order valence-electron chi connectivity index (χ0n) is 20.1. The van der Waals surface area contributed by atoms with Gasteiger partial charge in [0.05, 0.1) is 12.1 Å². The Morgan fingerprint density at radius 2 is 1.82 bits per heavy atom. The standard InChI is InChI=1S/C26H30N6O2/c1-17-21(18(2)32-26(28-17)22-10-5-6-11-23(22)30-32)12-13-24(33)27-15-19-8-7-9-20(14-19)29-25(34)16-31(3)4/h5-11,14H,12-13,15-16H2,1-4H3,(H,27,33)(H,29,34). The fourth-order valence-electron chi connectivity index (χ4n) is 4.11. The molecule has 0 fully saturated rings. The molecule has 0 unspecified atom stereocenters. The van der Waals surface area contributed by atoms with Gasteiger partial charge >= 0.3 is 0 Å². The summed E-state index contributed by atoms with van der Waals surface area (Å²) in [6.07, 6.45) is 0.943. The van der Waals surface area contributed by atoms with Crippen LogP contribution < -0.4 is 10.6 Å². The quantitative estimate of drug-likeness (QED) is 0.423. The lowest BCUT2D eigenvalue weighted by Gasteiger charge is -2.12. The van der Waals surface area contributed by atoms with Crippen molar-refractivity contribution in [2.24, 2.45) is 0 Å². The van der Waals surface area contributed by atoms with E-state index in [4.69, 9.17) is 4.98 Å². The van der Waals surface area contributed by atoms with Crippen LogP contribution in [0.5, 0.6) is 0 Å². The Kier molecular flexibility index (Phi) is 6.88. The number of hydrogen-bond acceptors (Lipinski definition) is 5. The zero-order valence-corrected chi connectivity index (χ0v) is 20.1. The Labute approximate surface area is 199 Å². The summed E-state index contributed by atoms with van der Waals surface area (Å²) in [5.74, 6) is -0.112. The molecule has 34 heavy (non-hydrogen) atoms. The molecular weight excluding hydrogens is 428 g/mol. The Balaban J connectivity index is 1.38. The number of anilines is 1. The Morgan fingerprint density at radius 1 is 1.03 bits per heavy atom. The van der Waals surface area contributed by atoms with Gasteiger partial charge in [-0.1, -0.05) is 24.3 Å². The van der Waals surface area contributed by atoms with Gasteiger partial charge in [-0.15, -0.1) is 0 Å². The highest BCUT2D eigenvalue weighted by Crippen LogP contribution is 2.23. The van der Waals surface area contributed by atoms with Crippen molar-refractivity contribution in [2.45, 2.75) is 33.2 Å². The SMILES string of the molecule is Cc1nc2c3ccccc3nn2c(C)c1CCC(=O)NCc1cccc(NC(=O)CN(C)C)c1. The lowest BCUT2D eigenvalue weighted by Crippen LogP contribution is -2.27. The first-order valence-electron chi connectivity index (χ1n) is 11.4. The van der Waals surface area contributed by atoms with Crippen molar-refractivity contribution in [2.75, 3.05) is 26.0 Å². The van der Waals surface area contributed by atoms with E-state index in [1.54, 1.807) is 0 Å². The molecule has 0 spiro atoms. The number of hydrogen-bond donors (Lipinski definition) is 2. The van der Waals surface area contributed by atoms with E-state index in [9.17, 15) is 9.59 Å². The Hall–Kier alpha value is -3.78. The summed E-state index contributed by atoms with van der Waals surface area (Å²) >= 11 is 0. The van der Waals surface area contributed by atoms with Crippen LogP contribution in [0.15, 0.2) is 48.5 Å². The Morgan fingerprint density at radius 3 is 2.62 bits per heavy atom. The van der Waals surface area contributed by atoms with E-state index in [-0.39, 0.29) is 11.8 Å². The second kappa shape index (κ2) is 10.0. The molecule has 0 aliphatic carbocycles. The number of nitrogens with one attached hydrogen (secondary N) is 2. The number of amides is 2. The fraction of sp³-hybridized carbons (Fsp3) is 0.308. The summed E-state index contributed by atoms with van der Waals surface area (Å²) < 4.78 is 1.88. The van der Waals surface area contributed by atoms with Gasteiger partial charge in [0.25, 0.3) is 0 Å². The summed E-state index contributed by atoms with van der Waals surface area (Å²) in [6.45, 7) is 4.72. The van der Waals surface area contributed by atoms with Crippen LogP contribution >= 0.6 is 0 Å². The van der Waals surface area contributed by atoms with Crippen LogP contribution in [-0.2, 0) is 22.6 Å². The maximum Gasteiger partial charge on any atom is 0.238 e. The number of aryl methyl sites for hydroxylation is 2. The average molecular weight is 459 g/mol. The lowest BCUT2D eigenvalue weighted by atomic mass is 10.1. The third-order valence-electron chi connectivity index (χ3n) is 5.78. The molecule has 0 bridgehead atoms. The van der Waals surface area contributed by atoms with Gasteiger partial charge < -0.3 is 15.5 Å². The van der Waals surface area contributed by atoms with E-state index in [0.29, 0.717) is 25.9 Å². The predicted octanol–water partition coefficient (Wildman–Crippen LogP) is 3.25. The summed E-state index contributed by atoms with van der Waals surface area (Å²) in [5.41, 5.74) is 6.37. The molecule has 0 radical (unpaired) electrons. The smallest absolute Gasteiger partial charge is 0.238 e. The molecule has 2 heterocycles. The van der Waals surface area contributed by atoms with Crippen LogP contribution in [-0.4, -0.2) is 52.0 Å². The van der Waals surface area contributed by atoms with Crippen molar-refractivity contribution in [1.29, 1.82) is 0 Å². The van der Waals surface area contributed by atoms with E-state index in [0.717, 1.165) is 44.8 Å². The Bertz CT molecular complexity index is 1360. The largest absolute Gasteiger partial charge is 0.352 e. The van der Waals surface area contributed by atoms with E-state index < -0.39 is 0 Å². The average Bonchev–Trinajstić information content (AvgIpc) is 3.16. The predicted molar refractivity (Wildman–Crippen MR) is 134 cm³/mol. The van der Waals surface area contributed by atoms with E-state index in [2.05, 4.69) is 15.7 Å². The van der Waals surface area contributed by atoms with Gasteiger partial charge in [-0.3, -0.25) is 9.59 Å². The summed E-state index contributed by atoms with van der Waals surface area (Å²) in [5, 5.41) is 11.6. The molecule has 4 rings (SSSR count). The minimum atomic E-state index is -0.0763. The highest BCUT2D eigenvalue weighted by Gasteiger charge is 2.15. The third-order valence-corrected chi connectivity index (χ3v) is 5.78. The number of benzene rings is 2. The van der Waals surface area contributed by atoms with Crippen molar-refractivity contribution >= 4 is 34.1 Å². The molecule has 0 atom stereocenters. The molecule has 176 valence electrons. The number of fused-ring (bicyclic) bond motifs is 3. The van der Waals surface area contributed by atoms with Crippen LogP contribution in [0.25, 0.3) is 16.6 Å². The van der Waals surface area contributed by atoms with Gasteiger partial charge in [-0.25, -0.2) is 9.50 Å². The maximum absolute atomic E-state index is 12.6. The molecule has 4 aromatic rings. The van der Waals surface area contributed by atoms with E-state index in [1.165, 1.54) is 0 Å². The molecule has 8 heteroatoms. The highest BCUT2D eigenvalue weighted by atomic mass is 16.2. The number of carbonyl (C=O) groups is 2. The minimum Gasteiger partial charge on any atom is -0.352 e. The molecule has 2 amide bonds. The lowest BCUT2D eigenvalue weighted by molar-refractivity contribution is -0.121. The molecule has 0 saturated heterocycles. The van der Waals surface area contributed by atoms with E-state index in [1.807, 2.05) is 85.9 Å². The fourth-order valence-corrected chi connectivity index (χ4v) is 4.11. The van der Waals surface area contributed by atoms with Gasteiger partial charge in [0.2, 0.25) is 11.8 Å². The molecule has 0 saturated carbocycles. The first-order valence-corrected chi connectivity index (χ1v) is 11.4. The number of likely N-dealkylation sites (N-methyl/N-ethyl adjacent to an activating group) is 1. The van der Waals surface area contributed by atoms with Crippen LogP contribution in [0.2, 0.25) is 0 Å². The topological polar surface area (TPSA) is 91.6 Å². The van der Waals surface area contributed by atoms with Crippen LogP contribution in [0.1, 0.15) is 28.9 Å². The molecule has 2 aromatic carbocycles. The van der Waals surface area contributed by atoms with Crippen LogP contribution in [0.3, 0.4) is 0 Å². The third kappa shape index (κ3) is 5.23. The van der Waals surface area contributed by atoms with Crippen molar-refractivity contribution < 1.29 is 9.59 Å². The first kappa shape index (κ1) is 23.4. The highest BCUT2D eigenvalue weighted by molar-refractivity contribution is 5.93. The van der Waals surface area contributed by atoms with Gasteiger partial charge in [0.15, 0.2) is 5.65 Å². The number of nitrogens with zero attached hydrogens (tertiary/aromatic N) is 4. The molecule has 0 aliphatic rings. The van der Waals surface area contributed by atoms with Gasteiger partial charge in [-0.2, -0.15) is 5.10 Å². The van der Waals surface area contributed by atoms with E-state index >= 15 is 0 Å². The number of carbonyl (C=O) groups excluding carboxylic acids is 2. The van der Waals surface area contributed by atoms with Crippen molar-refractivity contribution in [3.8, 4) is 0 Å². The molecule has 8 nitrogen and oxygen atoms in total. The second-order valence-electron chi connectivity index (χ2n) is 8.78. The van der Waals surface area contributed by atoms with Crippen LogP contribution in [0, 0.1) is 13.8 Å². The minimum absolute atomic E-state index is 0.0356. The number of rotatable bonds is 8. The van der Waals surface area contributed by atoms with Gasteiger partial charge in [-0.05, 0) is 69.8 Å². The maximum atomic E-state index is 12.6. The monoisotopic (exact) mass is 458 g/mol. The van der Waals surface area contributed by atoms with Crippen LogP contribution in [0.4, 0.5) is 5.69 Å². The van der Waals surface area contributed by atoms with Gasteiger partial charge in [0, 0.05) is 35.4 Å². The van der Waals surface area contributed by atoms with Crippen molar-refractivity contribution in [1.82, 2.24) is 24.8 Å². The molecule has 2 aromatic heterocycles.